The second-order valence-corrected chi connectivity index (χ2v) is 5.95. The molecule has 0 aromatic carbocycles. The summed E-state index contributed by atoms with van der Waals surface area (Å²) in [4.78, 5) is 18.3. The predicted octanol–water partition coefficient (Wildman–Crippen LogP) is 2.30. The van der Waals surface area contributed by atoms with Crippen LogP contribution in [-0.2, 0) is 9.57 Å². The molecule has 1 atom stereocenters. The summed E-state index contributed by atoms with van der Waals surface area (Å²) in [5.74, 6) is 5.55. The molecule has 1 amide bonds. The van der Waals surface area contributed by atoms with Gasteiger partial charge in [0.05, 0.1) is 6.61 Å². The number of carbonyl (C=O) groups excluding carboxylic acids is 1. The summed E-state index contributed by atoms with van der Waals surface area (Å²) < 4.78 is 5.39. The molecular formula is C13H26N2O3. The van der Waals surface area contributed by atoms with Crippen molar-refractivity contribution in [1.82, 2.24) is 4.90 Å². The van der Waals surface area contributed by atoms with E-state index in [1.165, 1.54) is 6.42 Å². The zero-order chi connectivity index (χ0) is 13.6. The molecule has 1 fully saturated rings. The molecule has 106 valence electrons. The molecule has 0 bridgehead atoms. The van der Waals surface area contributed by atoms with Crippen molar-refractivity contribution in [2.45, 2.75) is 52.1 Å². The Kier molecular flexibility index (Phi) is 5.88. The number of piperidine rings is 1. The van der Waals surface area contributed by atoms with Crippen LogP contribution in [0.4, 0.5) is 4.79 Å². The molecule has 1 rings (SSSR count). The van der Waals surface area contributed by atoms with Crippen molar-refractivity contribution in [2.24, 2.45) is 11.8 Å². The van der Waals surface area contributed by atoms with Gasteiger partial charge in [0.1, 0.15) is 5.60 Å². The van der Waals surface area contributed by atoms with Crippen LogP contribution >= 0.6 is 0 Å². The maximum Gasteiger partial charge on any atom is 0.410 e. The molecule has 1 aliphatic rings. The molecule has 0 aliphatic carbocycles. The molecule has 0 aromatic rings. The standard InChI is InChI=1S/C13H26N2O3/c1-13(2,3)18-12(16)15-8-4-6-11(10-15)7-5-9-17-14/h11H,4-10,14H2,1-3H3. The molecule has 5 heteroatoms. The van der Waals surface area contributed by atoms with E-state index in [0.29, 0.717) is 12.5 Å². The van der Waals surface area contributed by atoms with Crippen LogP contribution in [0.3, 0.4) is 0 Å². The van der Waals surface area contributed by atoms with Crippen LogP contribution in [0.2, 0.25) is 0 Å². The normalized spacial score (nSPS) is 20.9. The third-order valence-electron chi connectivity index (χ3n) is 3.05. The molecule has 5 nitrogen and oxygen atoms in total. The fourth-order valence-corrected chi connectivity index (χ4v) is 2.25. The molecule has 18 heavy (non-hydrogen) atoms. The van der Waals surface area contributed by atoms with Gasteiger partial charge in [0.15, 0.2) is 0 Å². The largest absolute Gasteiger partial charge is 0.444 e. The lowest BCUT2D eigenvalue weighted by Crippen LogP contribution is -2.42. The average molecular weight is 258 g/mol. The number of hydrogen-bond donors (Lipinski definition) is 1. The van der Waals surface area contributed by atoms with Gasteiger partial charge in [-0.15, -0.1) is 0 Å². The summed E-state index contributed by atoms with van der Waals surface area (Å²) in [6.45, 7) is 7.86. The first kappa shape index (κ1) is 15.2. The molecule has 1 heterocycles. The fourth-order valence-electron chi connectivity index (χ4n) is 2.25. The van der Waals surface area contributed by atoms with Crippen LogP contribution in [0.15, 0.2) is 0 Å². The fraction of sp³-hybridized carbons (Fsp3) is 0.923. The molecule has 0 spiro atoms. The van der Waals surface area contributed by atoms with E-state index in [1.54, 1.807) is 0 Å². The second-order valence-electron chi connectivity index (χ2n) is 5.95. The zero-order valence-corrected chi connectivity index (χ0v) is 11.8. The van der Waals surface area contributed by atoms with Gasteiger partial charge in [-0.25, -0.2) is 10.7 Å². The molecule has 1 aliphatic heterocycles. The van der Waals surface area contributed by atoms with Crippen LogP contribution in [0.1, 0.15) is 46.5 Å². The lowest BCUT2D eigenvalue weighted by atomic mass is 9.94. The SMILES string of the molecule is CC(C)(C)OC(=O)N1CCCC(CCCON)C1. The van der Waals surface area contributed by atoms with Gasteiger partial charge in [0.25, 0.3) is 0 Å². The van der Waals surface area contributed by atoms with Crippen molar-refractivity contribution >= 4 is 6.09 Å². The summed E-state index contributed by atoms with van der Waals surface area (Å²) >= 11 is 0. The van der Waals surface area contributed by atoms with E-state index < -0.39 is 5.60 Å². The first-order valence-corrected chi connectivity index (χ1v) is 6.72. The number of ether oxygens (including phenoxy) is 1. The van der Waals surface area contributed by atoms with Gasteiger partial charge in [-0.1, -0.05) is 0 Å². The van der Waals surface area contributed by atoms with Crippen molar-refractivity contribution in [2.75, 3.05) is 19.7 Å². The Hall–Kier alpha value is -0.810. The highest BCUT2D eigenvalue weighted by Crippen LogP contribution is 2.22. The topological polar surface area (TPSA) is 64.8 Å². The van der Waals surface area contributed by atoms with Crippen molar-refractivity contribution < 1.29 is 14.4 Å². The number of nitrogens with zero attached hydrogens (tertiary/aromatic N) is 1. The third-order valence-corrected chi connectivity index (χ3v) is 3.05. The highest BCUT2D eigenvalue weighted by molar-refractivity contribution is 5.68. The number of carbonyl (C=O) groups is 1. The highest BCUT2D eigenvalue weighted by atomic mass is 16.6. The summed E-state index contributed by atoms with van der Waals surface area (Å²) in [7, 11) is 0. The zero-order valence-electron chi connectivity index (χ0n) is 11.8. The predicted molar refractivity (Wildman–Crippen MR) is 69.9 cm³/mol. The Bertz CT molecular complexity index is 263. The Morgan fingerprint density at radius 2 is 2.17 bits per heavy atom. The van der Waals surface area contributed by atoms with Crippen molar-refractivity contribution in [1.29, 1.82) is 0 Å². The number of hydrogen-bond acceptors (Lipinski definition) is 4. The van der Waals surface area contributed by atoms with Gasteiger partial charge in [-0.2, -0.15) is 0 Å². The number of likely N-dealkylation sites (tertiary alicyclic amines) is 1. The Balaban J connectivity index is 2.36. The van der Waals surface area contributed by atoms with Crippen LogP contribution in [0, 0.1) is 5.92 Å². The van der Waals surface area contributed by atoms with Crippen molar-refractivity contribution in [3.05, 3.63) is 0 Å². The van der Waals surface area contributed by atoms with E-state index in [2.05, 4.69) is 4.84 Å². The minimum absolute atomic E-state index is 0.192. The van der Waals surface area contributed by atoms with Gasteiger partial charge in [-0.05, 0) is 52.4 Å². The maximum absolute atomic E-state index is 11.9. The van der Waals surface area contributed by atoms with Crippen LogP contribution in [0.5, 0.6) is 0 Å². The Morgan fingerprint density at radius 1 is 1.44 bits per heavy atom. The van der Waals surface area contributed by atoms with Gasteiger partial charge < -0.3 is 14.5 Å². The molecule has 1 saturated heterocycles. The number of rotatable bonds is 4. The molecule has 0 saturated carbocycles. The van der Waals surface area contributed by atoms with Crippen LogP contribution in [-0.4, -0.2) is 36.3 Å². The summed E-state index contributed by atoms with van der Waals surface area (Å²) in [6.07, 6.45) is 4.03. The third kappa shape index (κ3) is 5.69. The smallest absolute Gasteiger partial charge is 0.410 e. The van der Waals surface area contributed by atoms with E-state index in [4.69, 9.17) is 10.6 Å². The molecule has 1 unspecified atom stereocenters. The monoisotopic (exact) mass is 258 g/mol. The maximum atomic E-state index is 11.9. The van der Waals surface area contributed by atoms with E-state index in [1.807, 2.05) is 25.7 Å². The lowest BCUT2D eigenvalue weighted by Gasteiger charge is -2.34. The molecule has 0 radical (unpaired) electrons. The van der Waals surface area contributed by atoms with Gasteiger partial charge in [-0.3, -0.25) is 0 Å². The minimum Gasteiger partial charge on any atom is -0.444 e. The second kappa shape index (κ2) is 6.95. The van der Waals surface area contributed by atoms with Crippen molar-refractivity contribution in [3.63, 3.8) is 0 Å². The minimum atomic E-state index is -0.419. The summed E-state index contributed by atoms with van der Waals surface area (Å²) in [6, 6.07) is 0. The van der Waals surface area contributed by atoms with E-state index in [0.717, 1.165) is 32.4 Å². The first-order valence-electron chi connectivity index (χ1n) is 6.72. The van der Waals surface area contributed by atoms with Gasteiger partial charge in [0.2, 0.25) is 0 Å². The quantitative estimate of drug-likeness (QED) is 0.620. The van der Waals surface area contributed by atoms with Crippen LogP contribution < -0.4 is 5.90 Å². The molecule has 0 aromatic heterocycles. The average Bonchev–Trinajstić information content (AvgIpc) is 2.27. The lowest BCUT2D eigenvalue weighted by molar-refractivity contribution is 0.0155. The van der Waals surface area contributed by atoms with Gasteiger partial charge in [0, 0.05) is 13.1 Å². The summed E-state index contributed by atoms with van der Waals surface area (Å²) in [5, 5.41) is 0. The van der Waals surface area contributed by atoms with Gasteiger partial charge >= 0.3 is 6.09 Å². The highest BCUT2D eigenvalue weighted by Gasteiger charge is 2.27. The Morgan fingerprint density at radius 3 is 2.78 bits per heavy atom. The number of nitrogens with two attached hydrogens (primary N) is 1. The van der Waals surface area contributed by atoms with E-state index in [-0.39, 0.29) is 6.09 Å². The van der Waals surface area contributed by atoms with E-state index >= 15 is 0 Å². The number of amides is 1. The Labute approximate surface area is 110 Å². The molecular weight excluding hydrogens is 232 g/mol. The van der Waals surface area contributed by atoms with Crippen LogP contribution in [0.25, 0.3) is 0 Å². The molecule has 2 N–H and O–H groups in total. The van der Waals surface area contributed by atoms with E-state index in [9.17, 15) is 4.79 Å². The summed E-state index contributed by atoms with van der Waals surface area (Å²) in [5.41, 5.74) is -0.419. The first-order chi connectivity index (χ1) is 8.42. The van der Waals surface area contributed by atoms with Crippen molar-refractivity contribution in [3.8, 4) is 0 Å².